The number of aromatic nitrogens is 2. The molecule has 0 aromatic carbocycles. The molecule has 16 heavy (non-hydrogen) atoms. The first-order valence-electron chi connectivity index (χ1n) is 4.82. The van der Waals surface area contributed by atoms with E-state index in [0.717, 1.165) is 0 Å². The van der Waals surface area contributed by atoms with Gasteiger partial charge in [-0.05, 0) is 6.42 Å². The van der Waals surface area contributed by atoms with Gasteiger partial charge in [0.2, 0.25) is 0 Å². The highest BCUT2D eigenvalue weighted by Crippen LogP contribution is 2.03. The van der Waals surface area contributed by atoms with Crippen molar-refractivity contribution in [2.75, 3.05) is 0 Å². The zero-order chi connectivity index (χ0) is 12.0. The van der Waals surface area contributed by atoms with Gasteiger partial charge in [-0.25, -0.2) is 9.97 Å². The highest BCUT2D eigenvalue weighted by atomic mass is 35.5. The largest absolute Gasteiger partial charge is 0.347 e. The van der Waals surface area contributed by atoms with Crippen LogP contribution in [0.4, 0.5) is 0 Å². The number of nitrogens with zero attached hydrogens (tertiary/aromatic N) is 3. The molecule has 0 fully saturated rings. The van der Waals surface area contributed by atoms with Crippen LogP contribution in [0.1, 0.15) is 30.3 Å². The van der Waals surface area contributed by atoms with E-state index in [9.17, 15) is 4.79 Å². The molecule has 84 valence electrons. The Morgan fingerprint density at radius 1 is 1.62 bits per heavy atom. The summed E-state index contributed by atoms with van der Waals surface area (Å²) in [5.74, 6) is -0.341. The Hall–Kier alpha value is -1.67. The summed E-state index contributed by atoms with van der Waals surface area (Å²) >= 11 is 5.55. The molecule has 0 aliphatic rings. The minimum atomic E-state index is -0.341. The van der Waals surface area contributed by atoms with Crippen LogP contribution in [-0.2, 0) is 0 Å². The van der Waals surface area contributed by atoms with Crippen molar-refractivity contribution in [3.05, 3.63) is 23.2 Å². The Balaban J connectivity index is 2.65. The average Bonchev–Trinajstić information content (AvgIpc) is 2.29. The standard InChI is InChI=1S/C10H11ClN4O/c1-2-7(3-4-12)15-10(16)8-5-14-9(11)6-13-8/h5-7H,2-3H2,1H3,(H,15,16). The monoisotopic (exact) mass is 238 g/mol. The third-order valence-electron chi connectivity index (χ3n) is 2.02. The number of halogens is 1. The van der Waals surface area contributed by atoms with Crippen molar-refractivity contribution in [2.45, 2.75) is 25.8 Å². The van der Waals surface area contributed by atoms with Crippen LogP contribution in [0.2, 0.25) is 5.15 Å². The van der Waals surface area contributed by atoms with Gasteiger partial charge in [0.05, 0.1) is 24.9 Å². The first kappa shape index (κ1) is 12.4. The lowest BCUT2D eigenvalue weighted by atomic mass is 10.1. The molecule has 6 heteroatoms. The summed E-state index contributed by atoms with van der Waals surface area (Å²) in [6.45, 7) is 1.90. The van der Waals surface area contributed by atoms with Gasteiger partial charge in [-0.1, -0.05) is 18.5 Å². The molecule has 1 aromatic heterocycles. The van der Waals surface area contributed by atoms with Crippen molar-refractivity contribution in [2.24, 2.45) is 0 Å². The molecule has 0 saturated carbocycles. The molecule has 0 spiro atoms. The first-order chi connectivity index (χ1) is 7.67. The lowest BCUT2D eigenvalue weighted by Gasteiger charge is -2.12. The van der Waals surface area contributed by atoms with Crippen LogP contribution in [-0.4, -0.2) is 21.9 Å². The molecule has 1 unspecified atom stereocenters. The summed E-state index contributed by atoms with van der Waals surface area (Å²) in [5, 5.41) is 11.5. The van der Waals surface area contributed by atoms with Gasteiger partial charge in [-0.3, -0.25) is 4.79 Å². The molecule has 0 bridgehead atoms. The zero-order valence-electron chi connectivity index (χ0n) is 8.77. The Labute approximate surface area is 98.5 Å². The minimum Gasteiger partial charge on any atom is -0.347 e. The molecule has 0 aliphatic heterocycles. The van der Waals surface area contributed by atoms with Crippen LogP contribution in [0.15, 0.2) is 12.4 Å². The lowest BCUT2D eigenvalue weighted by molar-refractivity contribution is 0.0931. The number of hydrogen-bond acceptors (Lipinski definition) is 4. The summed E-state index contributed by atoms with van der Waals surface area (Å²) in [6, 6.07) is 1.86. The molecular formula is C10H11ClN4O. The number of amides is 1. The smallest absolute Gasteiger partial charge is 0.271 e. The molecule has 1 amide bonds. The number of carbonyl (C=O) groups excluding carboxylic acids is 1. The number of carbonyl (C=O) groups is 1. The number of hydrogen-bond donors (Lipinski definition) is 1. The predicted molar refractivity (Wildman–Crippen MR) is 58.8 cm³/mol. The Morgan fingerprint density at radius 3 is 2.88 bits per heavy atom. The molecule has 1 aromatic rings. The number of nitrogens with one attached hydrogen (secondary N) is 1. The Bertz CT molecular complexity index is 398. The van der Waals surface area contributed by atoms with Gasteiger partial charge in [0, 0.05) is 6.04 Å². The highest BCUT2D eigenvalue weighted by molar-refractivity contribution is 6.29. The molecule has 1 heterocycles. The summed E-state index contributed by atoms with van der Waals surface area (Å²) < 4.78 is 0. The molecular weight excluding hydrogens is 228 g/mol. The van der Waals surface area contributed by atoms with Crippen LogP contribution < -0.4 is 5.32 Å². The van der Waals surface area contributed by atoms with Gasteiger partial charge < -0.3 is 5.32 Å². The van der Waals surface area contributed by atoms with E-state index in [1.807, 2.05) is 13.0 Å². The molecule has 1 rings (SSSR count). The van der Waals surface area contributed by atoms with E-state index in [-0.39, 0.29) is 29.2 Å². The summed E-state index contributed by atoms with van der Waals surface area (Å²) in [6.07, 6.45) is 3.59. The minimum absolute atomic E-state index is 0.157. The summed E-state index contributed by atoms with van der Waals surface area (Å²) in [7, 11) is 0. The van der Waals surface area contributed by atoms with Crippen LogP contribution in [0.25, 0.3) is 0 Å². The second-order valence-electron chi connectivity index (χ2n) is 3.17. The number of nitriles is 1. The zero-order valence-corrected chi connectivity index (χ0v) is 9.53. The maximum Gasteiger partial charge on any atom is 0.271 e. The predicted octanol–water partition coefficient (Wildman–Crippen LogP) is 1.55. The van der Waals surface area contributed by atoms with E-state index in [1.54, 1.807) is 0 Å². The third-order valence-corrected chi connectivity index (χ3v) is 2.21. The molecule has 0 radical (unpaired) electrons. The van der Waals surface area contributed by atoms with Crippen LogP contribution in [0.5, 0.6) is 0 Å². The molecule has 0 saturated heterocycles. The molecule has 5 nitrogen and oxygen atoms in total. The van der Waals surface area contributed by atoms with E-state index in [0.29, 0.717) is 6.42 Å². The van der Waals surface area contributed by atoms with Crippen molar-refractivity contribution in [1.29, 1.82) is 5.26 Å². The van der Waals surface area contributed by atoms with Gasteiger partial charge in [0.25, 0.3) is 5.91 Å². The first-order valence-corrected chi connectivity index (χ1v) is 5.20. The van der Waals surface area contributed by atoms with Crippen molar-refractivity contribution in [1.82, 2.24) is 15.3 Å². The van der Waals surface area contributed by atoms with Crippen LogP contribution in [0, 0.1) is 11.3 Å². The molecule has 0 aliphatic carbocycles. The van der Waals surface area contributed by atoms with E-state index in [1.165, 1.54) is 12.4 Å². The summed E-state index contributed by atoms with van der Waals surface area (Å²) in [4.78, 5) is 19.2. The molecule has 1 atom stereocenters. The lowest BCUT2D eigenvalue weighted by Crippen LogP contribution is -2.34. The van der Waals surface area contributed by atoms with E-state index in [4.69, 9.17) is 16.9 Å². The molecule has 1 N–H and O–H groups in total. The maximum atomic E-state index is 11.6. The normalized spacial score (nSPS) is 11.6. The Morgan fingerprint density at radius 2 is 2.38 bits per heavy atom. The van der Waals surface area contributed by atoms with E-state index in [2.05, 4.69) is 15.3 Å². The van der Waals surface area contributed by atoms with Gasteiger partial charge in [0.15, 0.2) is 0 Å². The quantitative estimate of drug-likeness (QED) is 0.863. The van der Waals surface area contributed by atoms with Crippen molar-refractivity contribution < 1.29 is 4.79 Å². The van der Waals surface area contributed by atoms with E-state index < -0.39 is 0 Å². The SMILES string of the molecule is CCC(CC#N)NC(=O)c1cnc(Cl)cn1. The van der Waals surface area contributed by atoms with Crippen molar-refractivity contribution in [3.63, 3.8) is 0 Å². The van der Waals surface area contributed by atoms with Crippen molar-refractivity contribution >= 4 is 17.5 Å². The second kappa shape index (κ2) is 6.03. The van der Waals surface area contributed by atoms with E-state index >= 15 is 0 Å². The van der Waals surface area contributed by atoms with Crippen LogP contribution in [0.3, 0.4) is 0 Å². The van der Waals surface area contributed by atoms with Gasteiger partial charge in [-0.15, -0.1) is 0 Å². The highest BCUT2D eigenvalue weighted by Gasteiger charge is 2.13. The fourth-order valence-electron chi connectivity index (χ4n) is 1.10. The second-order valence-corrected chi connectivity index (χ2v) is 3.55. The van der Waals surface area contributed by atoms with Crippen molar-refractivity contribution in [3.8, 4) is 6.07 Å². The number of rotatable bonds is 4. The maximum absolute atomic E-state index is 11.6. The third kappa shape index (κ3) is 3.48. The Kier molecular flexibility index (Phi) is 4.67. The van der Waals surface area contributed by atoms with Gasteiger partial charge >= 0.3 is 0 Å². The average molecular weight is 239 g/mol. The van der Waals surface area contributed by atoms with Gasteiger partial charge in [-0.2, -0.15) is 5.26 Å². The summed E-state index contributed by atoms with van der Waals surface area (Å²) in [5.41, 5.74) is 0.195. The van der Waals surface area contributed by atoms with Gasteiger partial charge in [0.1, 0.15) is 10.8 Å². The fourth-order valence-corrected chi connectivity index (χ4v) is 1.19. The van der Waals surface area contributed by atoms with Crippen LogP contribution >= 0.6 is 11.6 Å². The topological polar surface area (TPSA) is 78.7 Å². The fraction of sp³-hybridized carbons (Fsp3) is 0.400.